The number of imide groups is 1. The van der Waals surface area contributed by atoms with Gasteiger partial charge in [0.1, 0.15) is 11.2 Å². The number of aryl methyl sites for hydroxylation is 1. The largest absolute Gasteiger partial charge is 0.332 e. The van der Waals surface area contributed by atoms with Gasteiger partial charge in [0.25, 0.3) is 11.5 Å². The van der Waals surface area contributed by atoms with E-state index in [9.17, 15) is 19.2 Å². The van der Waals surface area contributed by atoms with Crippen LogP contribution in [-0.4, -0.2) is 51.2 Å². The van der Waals surface area contributed by atoms with E-state index in [0.29, 0.717) is 10.5 Å². The SMILES string of the molecule is Cn1nc(N2CCN3C(=O)N(c4c(F)cc(C#Cc5ccccc5)cc4F)C(=O)C[C@@]3(C)C2=O)ccc1=O. The van der Waals surface area contributed by atoms with E-state index < -0.39 is 47.1 Å². The molecule has 1 atom stereocenters. The Kier molecular flexibility index (Phi) is 6.03. The van der Waals surface area contributed by atoms with Crippen molar-refractivity contribution in [3.63, 3.8) is 0 Å². The van der Waals surface area contributed by atoms with Crippen LogP contribution >= 0.6 is 0 Å². The van der Waals surface area contributed by atoms with E-state index in [4.69, 9.17) is 0 Å². The van der Waals surface area contributed by atoms with Crippen LogP contribution in [0.1, 0.15) is 24.5 Å². The summed E-state index contributed by atoms with van der Waals surface area (Å²) in [6.07, 6.45) is -0.506. The minimum Gasteiger partial charge on any atom is -0.307 e. The molecule has 0 saturated carbocycles. The molecule has 3 aromatic rings. The molecule has 0 N–H and O–H groups in total. The van der Waals surface area contributed by atoms with E-state index in [1.807, 2.05) is 6.07 Å². The number of carbonyl (C=O) groups is 3. The summed E-state index contributed by atoms with van der Waals surface area (Å²) in [6, 6.07) is 12.4. The van der Waals surface area contributed by atoms with Crippen molar-refractivity contribution in [2.75, 3.05) is 22.9 Å². The second kappa shape index (κ2) is 9.23. The maximum atomic E-state index is 15.1. The van der Waals surface area contributed by atoms with Crippen LogP contribution in [0.2, 0.25) is 0 Å². The van der Waals surface area contributed by atoms with Gasteiger partial charge in [-0.15, -0.1) is 0 Å². The lowest BCUT2D eigenvalue weighted by atomic mass is 9.88. The molecule has 11 heteroatoms. The molecular formula is C27H21F2N5O4. The fourth-order valence-electron chi connectivity index (χ4n) is 4.62. The van der Waals surface area contributed by atoms with Crippen LogP contribution in [0.4, 0.5) is 25.1 Å². The third-order valence-corrected chi connectivity index (χ3v) is 6.60. The Bertz CT molecular complexity index is 1590. The average Bonchev–Trinajstić information content (AvgIpc) is 2.88. The van der Waals surface area contributed by atoms with Gasteiger partial charge in [0.15, 0.2) is 17.5 Å². The van der Waals surface area contributed by atoms with Gasteiger partial charge in [-0.3, -0.25) is 19.3 Å². The summed E-state index contributed by atoms with van der Waals surface area (Å²) in [5, 5.41) is 4.08. The zero-order chi connectivity index (χ0) is 27.2. The van der Waals surface area contributed by atoms with Crippen molar-refractivity contribution in [1.82, 2.24) is 14.7 Å². The number of fused-ring (bicyclic) bond motifs is 1. The summed E-state index contributed by atoms with van der Waals surface area (Å²) >= 11 is 0. The number of urea groups is 1. The van der Waals surface area contributed by atoms with Gasteiger partial charge in [0, 0.05) is 37.3 Å². The molecule has 0 bridgehead atoms. The predicted molar refractivity (Wildman–Crippen MR) is 133 cm³/mol. The lowest BCUT2D eigenvalue weighted by molar-refractivity contribution is -0.137. The summed E-state index contributed by atoms with van der Waals surface area (Å²) in [7, 11) is 1.43. The number of carbonyl (C=O) groups excluding carboxylic acids is 3. The van der Waals surface area contributed by atoms with Gasteiger partial charge in [-0.1, -0.05) is 30.0 Å². The van der Waals surface area contributed by atoms with Crippen LogP contribution in [0.25, 0.3) is 0 Å². The Balaban J connectivity index is 1.44. The first-order valence-corrected chi connectivity index (χ1v) is 11.7. The Morgan fingerprint density at radius 1 is 0.895 bits per heavy atom. The third-order valence-electron chi connectivity index (χ3n) is 6.60. The van der Waals surface area contributed by atoms with Crippen molar-refractivity contribution in [2.45, 2.75) is 18.9 Å². The third kappa shape index (κ3) is 4.10. The van der Waals surface area contributed by atoms with Crippen molar-refractivity contribution in [1.29, 1.82) is 0 Å². The standard InChI is InChI=1S/C27H21F2N5O4/c1-27-16-23(36)34(24-19(28)14-18(15-20(24)29)9-8-17-6-4-3-5-7-17)26(38)33(27)13-12-32(25(27)37)21-10-11-22(35)31(2)30-21/h3-7,10-11,14-15H,12-13,16H2,1-2H3/t27-/m0/s1. The van der Waals surface area contributed by atoms with Crippen LogP contribution in [0.15, 0.2) is 59.4 Å². The molecule has 3 heterocycles. The first-order chi connectivity index (χ1) is 18.1. The Hall–Kier alpha value is -4.85. The van der Waals surface area contributed by atoms with Crippen molar-refractivity contribution in [3.8, 4) is 11.8 Å². The van der Waals surface area contributed by atoms with Gasteiger partial charge < -0.3 is 4.90 Å². The van der Waals surface area contributed by atoms with Crippen molar-refractivity contribution in [3.05, 3.63) is 87.7 Å². The highest BCUT2D eigenvalue weighted by atomic mass is 19.1. The fraction of sp³-hybridized carbons (Fsp3) is 0.222. The first kappa shape index (κ1) is 24.8. The van der Waals surface area contributed by atoms with Crippen LogP contribution < -0.4 is 15.4 Å². The Morgan fingerprint density at radius 2 is 1.55 bits per heavy atom. The molecule has 1 aromatic heterocycles. The molecule has 0 spiro atoms. The lowest BCUT2D eigenvalue weighted by Crippen LogP contribution is -2.73. The van der Waals surface area contributed by atoms with Gasteiger partial charge in [-0.2, -0.15) is 5.10 Å². The highest BCUT2D eigenvalue weighted by Gasteiger charge is 2.56. The van der Waals surface area contributed by atoms with Crippen molar-refractivity contribution >= 4 is 29.4 Å². The molecule has 192 valence electrons. The van der Waals surface area contributed by atoms with Crippen molar-refractivity contribution < 1.29 is 23.2 Å². The van der Waals surface area contributed by atoms with Gasteiger partial charge >= 0.3 is 6.03 Å². The van der Waals surface area contributed by atoms with E-state index in [0.717, 1.165) is 21.7 Å². The summed E-state index contributed by atoms with van der Waals surface area (Å²) in [6.45, 7) is 1.40. The molecule has 0 unspecified atom stereocenters. The van der Waals surface area contributed by atoms with E-state index in [-0.39, 0.29) is 30.0 Å². The monoisotopic (exact) mass is 517 g/mol. The maximum Gasteiger partial charge on any atom is 0.332 e. The van der Waals surface area contributed by atoms with Crippen LogP contribution in [0.3, 0.4) is 0 Å². The number of halogens is 2. The first-order valence-electron chi connectivity index (χ1n) is 11.7. The molecular weight excluding hydrogens is 496 g/mol. The Morgan fingerprint density at radius 3 is 2.21 bits per heavy atom. The molecule has 2 saturated heterocycles. The number of hydrogen-bond donors (Lipinski definition) is 0. The molecule has 0 radical (unpaired) electrons. The number of nitrogens with zero attached hydrogens (tertiary/aromatic N) is 5. The molecule has 5 rings (SSSR count). The summed E-state index contributed by atoms with van der Waals surface area (Å²) in [5.41, 5.74) is -2.11. The second-order valence-electron chi connectivity index (χ2n) is 9.13. The average molecular weight is 517 g/mol. The highest BCUT2D eigenvalue weighted by Crippen LogP contribution is 2.37. The maximum absolute atomic E-state index is 15.1. The van der Waals surface area contributed by atoms with Crippen molar-refractivity contribution in [2.24, 2.45) is 7.05 Å². The van der Waals surface area contributed by atoms with E-state index >= 15 is 8.78 Å². The summed E-state index contributed by atoms with van der Waals surface area (Å²) in [4.78, 5) is 54.5. The minimum absolute atomic E-state index is 0.00632. The number of aromatic nitrogens is 2. The van der Waals surface area contributed by atoms with E-state index in [1.54, 1.807) is 24.3 Å². The Labute approximate surface area is 215 Å². The smallest absolute Gasteiger partial charge is 0.307 e. The van der Waals surface area contributed by atoms with Crippen LogP contribution in [0.5, 0.6) is 0 Å². The molecule has 0 aliphatic carbocycles. The lowest BCUT2D eigenvalue weighted by Gasteiger charge is -2.51. The molecule has 2 aromatic carbocycles. The molecule has 9 nitrogen and oxygen atoms in total. The minimum atomic E-state index is -1.60. The van der Waals surface area contributed by atoms with Gasteiger partial charge in [-0.25, -0.2) is 23.2 Å². The van der Waals surface area contributed by atoms with Crippen LogP contribution in [-0.2, 0) is 16.6 Å². The summed E-state index contributed by atoms with van der Waals surface area (Å²) in [5.74, 6) is 1.87. The zero-order valence-electron chi connectivity index (χ0n) is 20.4. The topological polar surface area (TPSA) is 95.8 Å². The van der Waals surface area contributed by atoms with E-state index in [1.165, 1.54) is 31.0 Å². The number of hydrogen-bond acceptors (Lipinski definition) is 5. The number of rotatable bonds is 2. The van der Waals surface area contributed by atoms with Gasteiger partial charge in [-0.05, 0) is 37.3 Å². The molecule has 2 aliphatic heterocycles. The summed E-state index contributed by atoms with van der Waals surface area (Å²) < 4.78 is 31.3. The number of piperazine rings is 1. The van der Waals surface area contributed by atoms with E-state index in [2.05, 4.69) is 16.9 Å². The zero-order valence-corrected chi connectivity index (χ0v) is 20.4. The second-order valence-corrected chi connectivity index (χ2v) is 9.13. The number of amides is 4. The number of anilines is 2. The number of benzene rings is 2. The predicted octanol–water partition coefficient (Wildman–Crippen LogP) is 2.42. The fourth-order valence-corrected chi connectivity index (χ4v) is 4.62. The van der Waals surface area contributed by atoms with Gasteiger partial charge in [0.2, 0.25) is 5.91 Å². The van der Waals surface area contributed by atoms with Gasteiger partial charge in [0.05, 0.1) is 6.42 Å². The molecule has 4 amide bonds. The van der Waals surface area contributed by atoms with Crippen LogP contribution in [0, 0.1) is 23.5 Å². The highest BCUT2D eigenvalue weighted by molar-refractivity contribution is 6.20. The molecule has 38 heavy (non-hydrogen) atoms. The molecule has 2 fully saturated rings. The molecule has 2 aliphatic rings. The quantitative estimate of drug-likeness (QED) is 0.487. The normalized spacial score (nSPS) is 19.3.